The standard InChI is InChI=1S/C29H35N3O4/c1-4-17-32(18-5-2)29(35)25-21-31(19-23-13-9-10-14-26(23)36-3)20-24(27(25)33)28(34)30-16-15-22-11-7-6-8-12-22/h4-5,9-11,13-14,20-21H,1-2,6-8,12,15-19H2,3H3,(H,30,34). The summed E-state index contributed by atoms with van der Waals surface area (Å²) in [6, 6.07) is 7.49. The van der Waals surface area contributed by atoms with E-state index >= 15 is 0 Å². The van der Waals surface area contributed by atoms with Crippen LogP contribution in [0.5, 0.6) is 5.75 Å². The van der Waals surface area contributed by atoms with Crippen LogP contribution in [0.25, 0.3) is 0 Å². The van der Waals surface area contributed by atoms with Gasteiger partial charge in [-0.25, -0.2) is 0 Å². The largest absolute Gasteiger partial charge is 0.496 e. The molecule has 7 heteroatoms. The Morgan fingerprint density at radius 2 is 1.83 bits per heavy atom. The van der Waals surface area contributed by atoms with E-state index in [1.807, 2.05) is 24.3 Å². The van der Waals surface area contributed by atoms with Crippen molar-refractivity contribution in [2.75, 3.05) is 26.7 Å². The zero-order valence-corrected chi connectivity index (χ0v) is 21.0. The molecule has 0 bridgehead atoms. The van der Waals surface area contributed by atoms with E-state index in [-0.39, 0.29) is 24.2 Å². The van der Waals surface area contributed by atoms with E-state index in [9.17, 15) is 14.4 Å². The van der Waals surface area contributed by atoms with E-state index in [0.29, 0.717) is 18.8 Å². The molecule has 0 saturated carbocycles. The Bertz CT molecular complexity index is 1190. The number of nitrogens with zero attached hydrogens (tertiary/aromatic N) is 2. The van der Waals surface area contributed by atoms with Crippen LogP contribution in [0.15, 0.2) is 78.4 Å². The van der Waals surface area contributed by atoms with Gasteiger partial charge in [0.1, 0.15) is 16.9 Å². The van der Waals surface area contributed by atoms with Crippen molar-refractivity contribution in [3.8, 4) is 5.75 Å². The highest BCUT2D eigenvalue weighted by atomic mass is 16.5. The van der Waals surface area contributed by atoms with Crippen LogP contribution in [0.4, 0.5) is 0 Å². The summed E-state index contributed by atoms with van der Waals surface area (Å²) in [5.74, 6) is -0.287. The van der Waals surface area contributed by atoms with E-state index in [2.05, 4.69) is 24.6 Å². The van der Waals surface area contributed by atoms with Gasteiger partial charge in [0, 0.05) is 37.6 Å². The number of hydrogen-bond donors (Lipinski definition) is 1. The normalized spacial score (nSPS) is 12.9. The average molecular weight is 490 g/mol. The predicted molar refractivity (Wildman–Crippen MR) is 143 cm³/mol. The van der Waals surface area contributed by atoms with Crippen LogP contribution >= 0.6 is 0 Å². The fourth-order valence-electron chi connectivity index (χ4n) is 4.35. The number of carbonyl (C=O) groups excluding carboxylic acids is 2. The minimum absolute atomic E-state index is 0.0643. The fraction of sp³-hybridized carbons (Fsp3) is 0.345. The number of amides is 2. The number of para-hydroxylation sites is 1. The van der Waals surface area contributed by atoms with Crippen molar-refractivity contribution in [3.63, 3.8) is 0 Å². The maximum absolute atomic E-state index is 13.3. The summed E-state index contributed by atoms with van der Waals surface area (Å²) < 4.78 is 7.14. The van der Waals surface area contributed by atoms with E-state index in [1.165, 1.54) is 35.7 Å². The summed E-state index contributed by atoms with van der Waals surface area (Å²) in [5.41, 5.74) is 1.46. The Morgan fingerprint density at radius 3 is 2.50 bits per heavy atom. The third-order valence-electron chi connectivity index (χ3n) is 6.20. The van der Waals surface area contributed by atoms with Gasteiger partial charge in [0.2, 0.25) is 5.43 Å². The SMILES string of the molecule is C=CCN(CC=C)C(=O)c1cn(Cc2ccccc2OC)cc(C(=O)NCCC2=CCCCC2)c1=O. The number of ether oxygens (including phenoxy) is 1. The number of nitrogens with one attached hydrogen (secondary N) is 1. The van der Waals surface area contributed by atoms with Crippen LogP contribution in [0.2, 0.25) is 0 Å². The first-order valence-electron chi connectivity index (χ1n) is 12.3. The van der Waals surface area contributed by atoms with Crippen molar-refractivity contribution in [1.82, 2.24) is 14.8 Å². The van der Waals surface area contributed by atoms with Crippen LogP contribution in [0.3, 0.4) is 0 Å². The fourth-order valence-corrected chi connectivity index (χ4v) is 4.35. The molecule has 2 aromatic rings. The average Bonchev–Trinajstić information content (AvgIpc) is 2.90. The summed E-state index contributed by atoms with van der Waals surface area (Å²) in [5, 5.41) is 2.87. The molecule has 1 aliphatic rings. The van der Waals surface area contributed by atoms with E-state index in [1.54, 1.807) is 23.8 Å². The molecule has 0 aliphatic heterocycles. The Balaban J connectivity index is 1.94. The highest BCUT2D eigenvalue weighted by Gasteiger charge is 2.23. The van der Waals surface area contributed by atoms with Gasteiger partial charge >= 0.3 is 0 Å². The molecule has 1 aromatic carbocycles. The lowest BCUT2D eigenvalue weighted by atomic mass is 9.97. The predicted octanol–water partition coefficient (Wildman–Crippen LogP) is 4.34. The summed E-state index contributed by atoms with van der Waals surface area (Å²) in [4.78, 5) is 41.2. The Hall–Kier alpha value is -3.87. The molecule has 1 N–H and O–H groups in total. The quantitative estimate of drug-likeness (QED) is 0.450. The lowest BCUT2D eigenvalue weighted by molar-refractivity contribution is 0.0788. The molecule has 0 radical (unpaired) electrons. The van der Waals surface area contributed by atoms with Crippen LogP contribution in [0.1, 0.15) is 58.4 Å². The molecule has 190 valence electrons. The van der Waals surface area contributed by atoms with E-state index in [4.69, 9.17) is 4.74 Å². The smallest absolute Gasteiger partial charge is 0.259 e. The summed E-state index contributed by atoms with van der Waals surface area (Å²) in [6.45, 7) is 8.66. The van der Waals surface area contributed by atoms with E-state index in [0.717, 1.165) is 24.8 Å². The van der Waals surface area contributed by atoms with Gasteiger partial charge in [-0.15, -0.1) is 13.2 Å². The Kier molecular flexibility index (Phi) is 9.86. The molecule has 1 aliphatic carbocycles. The number of benzene rings is 1. The van der Waals surface area contributed by atoms with Gasteiger partial charge in [-0.2, -0.15) is 0 Å². The van der Waals surface area contributed by atoms with Crippen molar-refractivity contribution < 1.29 is 14.3 Å². The van der Waals surface area contributed by atoms with Gasteiger partial charge in [0.15, 0.2) is 0 Å². The van der Waals surface area contributed by atoms with Crippen LogP contribution in [-0.2, 0) is 6.54 Å². The third-order valence-corrected chi connectivity index (χ3v) is 6.20. The molecule has 3 rings (SSSR count). The van der Waals surface area contributed by atoms with Gasteiger partial charge < -0.3 is 19.5 Å². The van der Waals surface area contributed by atoms with Crippen molar-refractivity contribution in [1.29, 1.82) is 0 Å². The lowest BCUT2D eigenvalue weighted by Gasteiger charge is -2.20. The van der Waals surface area contributed by atoms with Gasteiger partial charge in [-0.1, -0.05) is 42.0 Å². The number of aromatic nitrogens is 1. The first-order chi connectivity index (χ1) is 17.5. The molecule has 0 saturated heterocycles. The zero-order chi connectivity index (χ0) is 25.9. The minimum atomic E-state index is -0.594. The minimum Gasteiger partial charge on any atom is -0.496 e. The van der Waals surface area contributed by atoms with Crippen molar-refractivity contribution in [2.24, 2.45) is 0 Å². The molecule has 7 nitrogen and oxygen atoms in total. The number of hydrogen-bond acceptors (Lipinski definition) is 4. The Morgan fingerprint density at radius 1 is 1.11 bits per heavy atom. The summed E-state index contributed by atoms with van der Waals surface area (Å²) in [6.07, 6.45) is 13.7. The number of methoxy groups -OCH3 is 1. The maximum Gasteiger partial charge on any atom is 0.259 e. The molecule has 0 atom stereocenters. The van der Waals surface area contributed by atoms with Crippen LogP contribution < -0.4 is 15.5 Å². The van der Waals surface area contributed by atoms with Crippen LogP contribution in [-0.4, -0.2) is 48.0 Å². The molecule has 36 heavy (non-hydrogen) atoms. The zero-order valence-electron chi connectivity index (χ0n) is 21.0. The van der Waals surface area contributed by atoms with Gasteiger partial charge in [-0.05, 0) is 38.2 Å². The third kappa shape index (κ3) is 6.84. The van der Waals surface area contributed by atoms with Gasteiger partial charge in [0.05, 0.1) is 13.7 Å². The van der Waals surface area contributed by atoms with Crippen molar-refractivity contribution in [2.45, 2.75) is 38.6 Å². The summed E-state index contributed by atoms with van der Waals surface area (Å²) >= 11 is 0. The Labute approximate surface area is 212 Å². The first kappa shape index (κ1) is 26.7. The first-order valence-corrected chi connectivity index (χ1v) is 12.3. The molecule has 0 spiro atoms. The second-order valence-corrected chi connectivity index (χ2v) is 8.80. The monoisotopic (exact) mass is 489 g/mol. The number of allylic oxidation sites excluding steroid dienone is 1. The molecule has 1 heterocycles. The van der Waals surface area contributed by atoms with E-state index < -0.39 is 17.2 Å². The second kappa shape index (κ2) is 13.3. The van der Waals surface area contributed by atoms with Crippen molar-refractivity contribution in [3.05, 3.63) is 101 Å². The highest BCUT2D eigenvalue weighted by Crippen LogP contribution is 2.20. The number of pyridine rings is 1. The second-order valence-electron chi connectivity index (χ2n) is 8.80. The summed E-state index contributed by atoms with van der Waals surface area (Å²) in [7, 11) is 1.59. The van der Waals surface area contributed by atoms with Gasteiger partial charge in [0.25, 0.3) is 11.8 Å². The lowest BCUT2D eigenvalue weighted by Crippen LogP contribution is -2.38. The van der Waals surface area contributed by atoms with Crippen LogP contribution in [0, 0.1) is 0 Å². The highest BCUT2D eigenvalue weighted by molar-refractivity contribution is 5.99. The number of rotatable bonds is 12. The van der Waals surface area contributed by atoms with Crippen molar-refractivity contribution >= 4 is 11.8 Å². The maximum atomic E-state index is 13.3. The van der Waals surface area contributed by atoms with Gasteiger partial charge in [-0.3, -0.25) is 14.4 Å². The molecular weight excluding hydrogens is 454 g/mol. The molecule has 0 unspecified atom stereocenters. The molecule has 0 fully saturated rings. The molecule has 1 aromatic heterocycles. The number of carbonyl (C=O) groups is 2. The molecule has 2 amide bonds. The molecular formula is C29H35N3O4. The topological polar surface area (TPSA) is 80.6 Å².